The van der Waals surface area contributed by atoms with Gasteiger partial charge in [0.25, 0.3) is 11.8 Å². The highest BCUT2D eigenvalue weighted by Gasteiger charge is 2.56. The third-order valence-corrected chi connectivity index (χ3v) is 8.10. The molecule has 0 spiro atoms. The van der Waals surface area contributed by atoms with Crippen molar-refractivity contribution >= 4 is 23.4 Å². The summed E-state index contributed by atoms with van der Waals surface area (Å²) in [5.74, 6) is -4.54. The molecule has 0 bridgehead atoms. The first-order valence-corrected chi connectivity index (χ1v) is 12.5. The van der Waals surface area contributed by atoms with Gasteiger partial charge in [-0.15, -0.1) is 0 Å². The minimum Gasteiger partial charge on any atom is -0.507 e. The molecule has 0 saturated carbocycles. The van der Waals surface area contributed by atoms with Crippen LogP contribution in [0.2, 0.25) is 0 Å². The van der Waals surface area contributed by atoms with Gasteiger partial charge < -0.3 is 9.84 Å². The minimum absolute atomic E-state index is 0.110. The van der Waals surface area contributed by atoms with Crippen molar-refractivity contribution in [1.82, 2.24) is 5.06 Å². The van der Waals surface area contributed by atoms with Crippen LogP contribution in [0.15, 0.2) is 83.0 Å². The quantitative estimate of drug-likeness (QED) is 0.277. The maximum Gasteiger partial charge on any atom is 0.257 e. The van der Waals surface area contributed by atoms with Gasteiger partial charge in [0.1, 0.15) is 18.1 Å². The van der Waals surface area contributed by atoms with Gasteiger partial charge in [0, 0.05) is 34.3 Å². The number of carbonyl (C=O) groups is 4. The van der Waals surface area contributed by atoms with E-state index in [1.165, 1.54) is 12.1 Å². The number of rotatable bonds is 4. The SMILES string of the molecule is CC1=CC(=O)C2=C(C1=O)[C@@H](c1ccc(OCc3ccccc3)cc1O)C1=CC[C@@H]3C(=O)N(O)C(=O)[C@@H]3[C@@H]1C2. The zero-order valence-corrected chi connectivity index (χ0v) is 20.6. The first-order valence-electron chi connectivity index (χ1n) is 12.5. The lowest BCUT2D eigenvalue weighted by Gasteiger charge is -2.42. The third kappa shape index (κ3) is 3.63. The summed E-state index contributed by atoms with van der Waals surface area (Å²) in [7, 11) is 0. The molecular weight excluding hydrogens is 486 g/mol. The Balaban J connectivity index is 1.42. The number of nitrogens with zero attached hydrogens (tertiary/aromatic N) is 1. The highest BCUT2D eigenvalue weighted by atomic mass is 16.5. The summed E-state index contributed by atoms with van der Waals surface area (Å²) in [6.07, 6.45) is 3.45. The number of ketones is 2. The molecule has 0 aromatic heterocycles. The topological polar surface area (TPSA) is 121 Å². The summed E-state index contributed by atoms with van der Waals surface area (Å²) < 4.78 is 5.85. The van der Waals surface area contributed by atoms with Crippen LogP contribution < -0.4 is 4.74 Å². The predicted molar refractivity (Wildman–Crippen MR) is 134 cm³/mol. The number of fused-ring (bicyclic) bond motifs is 3. The summed E-state index contributed by atoms with van der Waals surface area (Å²) in [6.45, 7) is 1.89. The van der Waals surface area contributed by atoms with Gasteiger partial charge in [0.05, 0.1) is 11.8 Å². The molecule has 0 radical (unpaired) electrons. The molecule has 192 valence electrons. The van der Waals surface area contributed by atoms with Crippen LogP contribution in [0.4, 0.5) is 0 Å². The largest absolute Gasteiger partial charge is 0.507 e. The molecule has 1 heterocycles. The number of hydrogen-bond donors (Lipinski definition) is 2. The molecule has 6 rings (SSSR count). The molecule has 2 aromatic rings. The van der Waals surface area contributed by atoms with Crippen LogP contribution in [0.3, 0.4) is 0 Å². The molecule has 1 aliphatic heterocycles. The minimum atomic E-state index is -0.838. The second-order valence-electron chi connectivity index (χ2n) is 10.2. The molecule has 8 nitrogen and oxygen atoms in total. The monoisotopic (exact) mass is 511 g/mol. The number of imide groups is 1. The highest BCUT2D eigenvalue weighted by molar-refractivity contribution is 6.23. The van der Waals surface area contributed by atoms with E-state index in [-0.39, 0.29) is 40.8 Å². The average molecular weight is 512 g/mol. The Kier molecular flexibility index (Phi) is 5.65. The number of aromatic hydroxyl groups is 1. The van der Waals surface area contributed by atoms with E-state index in [9.17, 15) is 29.5 Å². The van der Waals surface area contributed by atoms with Gasteiger partial charge in [-0.05, 0) is 43.4 Å². The number of phenols is 1. The van der Waals surface area contributed by atoms with Crippen LogP contribution in [-0.4, -0.2) is 38.8 Å². The maximum atomic E-state index is 13.4. The number of ether oxygens (including phenoxy) is 1. The molecule has 2 N–H and O–H groups in total. The van der Waals surface area contributed by atoms with Crippen molar-refractivity contribution in [2.75, 3.05) is 0 Å². The van der Waals surface area contributed by atoms with Crippen molar-refractivity contribution in [3.8, 4) is 11.5 Å². The van der Waals surface area contributed by atoms with Gasteiger partial charge in [-0.1, -0.05) is 48.0 Å². The standard InChI is InChI=1S/C30H25NO7/c1-15-11-23(32)22-13-21-18(9-10-20-26(21)30(36)31(37)29(20)35)25(27(22)28(15)34)19-8-7-17(12-24(19)33)38-14-16-5-3-2-4-6-16/h2-9,11-12,20-21,25-26,33,37H,10,13-14H2,1H3/t20-,21+,25+,26-/m0/s1. The Hall–Kier alpha value is -4.30. The molecular formula is C30H25NO7. The second kappa shape index (κ2) is 8.92. The molecule has 38 heavy (non-hydrogen) atoms. The summed E-state index contributed by atoms with van der Waals surface area (Å²) in [4.78, 5) is 51.9. The van der Waals surface area contributed by atoms with Crippen LogP contribution in [0.5, 0.6) is 11.5 Å². The Morgan fingerprint density at radius 2 is 1.76 bits per heavy atom. The summed E-state index contributed by atoms with van der Waals surface area (Å²) >= 11 is 0. The van der Waals surface area contributed by atoms with E-state index in [0.717, 1.165) is 5.56 Å². The highest BCUT2D eigenvalue weighted by Crippen LogP contribution is 2.56. The average Bonchev–Trinajstić information content (AvgIpc) is 3.14. The summed E-state index contributed by atoms with van der Waals surface area (Å²) in [6, 6.07) is 14.4. The van der Waals surface area contributed by atoms with Crippen molar-refractivity contribution in [3.05, 3.63) is 94.1 Å². The van der Waals surface area contributed by atoms with Crippen molar-refractivity contribution in [3.63, 3.8) is 0 Å². The Labute approximate surface area is 218 Å². The third-order valence-electron chi connectivity index (χ3n) is 8.10. The van der Waals surface area contributed by atoms with E-state index in [2.05, 4.69) is 0 Å². The molecule has 8 heteroatoms. The summed E-state index contributed by atoms with van der Waals surface area (Å²) in [5, 5.41) is 21.4. The lowest BCUT2D eigenvalue weighted by molar-refractivity contribution is -0.173. The van der Waals surface area contributed by atoms with Gasteiger partial charge in [0.2, 0.25) is 0 Å². The van der Waals surface area contributed by atoms with Crippen molar-refractivity contribution in [1.29, 1.82) is 0 Å². The van der Waals surface area contributed by atoms with Gasteiger partial charge in [-0.25, -0.2) is 0 Å². The second-order valence-corrected chi connectivity index (χ2v) is 10.2. The van der Waals surface area contributed by atoms with Gasteiger partial charge >= 0.3 is 0 Å². The molecule has 4 aliphatic rings. The van der Waals surface area contributed by atoms with Gasteiger partial charge in [-0.2, -0.15) is 5.06 Å². The van der Waals surface area contributed by atoms with E-state index in [4.69, 9.17) is 4.74 Å². The molecule has 4 atom stereocenters. The van der Waals surface area contributed by atoms with Crippen molar-refractivity contribution < 1.29 is 34.2 Å². The number of amides is 2. The van der Waals surface area contributed by atoms with Crippen LogP contribution in [0, 0.1) is 17.8 Å². The van der Waals surface area contributed by atoms with Crippen LogP contribution >= 0.6 is 0 Å². The van der Waals surface area contributed by atoms with Crippen LogP contribution in [0.25, 0.3) is 0 Å². The molecule has 2 aromatic carbocycles. The van der Waals surface area contributed by atoms with E-state index < -0.39 is 35.5 Å². The fourth-order valence-corrected chi connectivity index (χ4v) is 6.30. The number of benzene rings is 2. The van der Waals surface area contributed by atoms with Gasteiger partial charge in [-0.3, -0.25) is 24.4 Å². The fourth-order valence-electron chi connectivity index (χ4n) is 6.30. The summed E-state index contributed by atoms with van der Waals surface area (Å²) in [5.41, 5.74) is 2.96. The van der Waals surface area contributed by atoms with Crippen LogP contribution in [-0.2, 0) is 25.8 Å². The zero-order chi connectivity index (χ0) is 26.7. The number of allylic oxidation sites excluding steroid dienone is 6. The van der Waals surface area contributed by atoms with Crippen molar-refractivity contribution in [2.24, 2.45) is 17.8 Å². The smallest absolute Gasteiger partial charge is 0.257 e. The number of Topliss-reactive ketones (excluding diaryl/α,β-unsaturated/α-hetero) is 1. The predicted octanol–water partition coefficient (Wildman–Crippen LogP) is 3.79. The number of hydroxylamine groups is 2. The number of hydrogen-bond acceptors (Lipinski definition) is 7. The first-order chi connectivity index (χ1) is 18.3. The van der Waals surface area contributed by atoms with E-state index in [1.54, 1.807) is 19.1 Å². The number of phenolic OH excluding ortho intramolecular Hbond substituents is 1. The lowest BCUT2D eigenvalue weighted by Crippen LogP contribution is -2.39. The van der Waals surface area contributed by atoms with E-state index in [1.807, 2.05) is 36.4 Å². The Bertz CT molecular complexity index is 1500. The number of carbonyl (C=O) groups excluding carboxylic acids is 4. The maximum absolute atomic E-state index is 13.4. The zero-order valence-electron chi connectivity index (χ0n) is 20.6. The molecule has 3 aliphatic carbocycles. The first kappa shape index (κ1) is 24.1. The van der Waals surface area contributed by atoms with Gasteiger partial charge in [0.15, 0.2) is 11.6 Å². The van der Waals surface area contributed by atoms with E-state index >= 15 is 0 Å². The Morgan fingerprint density at radius 3 is 2.50 bits per heavy atom. The molecule has 1 saturated heterocycles. The molecule has 1 fully saturated rings. The van der Waals surface area contributed by atoms with Crippen LogP contribution in [0.1, 0.15) is 36.8 Å². The fraction of sp³-hybridized carbons (Fsp3) is 0.267. The molecule has 0 unspecified atom stereocenters. The normalized spacial score (nSPS) is 26.5. The van der Waals surface area contributed by atoms with E-state index in [0.29, 0.717) is 34.6 Å². The van der Waals surface area contributed by atoms with Crippen molar-refractivity contribution in [2.45, 2.75) is 32.3 Å². The molecule has 2 amide bonds. The Morgan fingerprint density at radius 1 is 1.00 bits per heavy atom. The lowest BCUT2D eigenvalue weighted by atomic mass is 9.59.